The molecule has 0 saturated heterocycles. The van der Waals surface area contributed by atoms with Crippen molar-refractivity contribution < 1.29 is 14.4 Å². The Morgan fingerprint density at radius 3 is 2.85 bits per heavy atom. The molecule has 7 heteroatoms. The lowest BCUT2D eigenvalue weighted by atomic mass is 9.83. The maximum absolute atomic E-state index is 12.4. The van der Waals surface area contributed by atoms with E-state index >= 15 is 0 Å². The molecule has 26 heavy (non-hydrogen) atoms. The van der Waals surface area contributed by atoms with Crippen LogP contribution in [0.4, 0.5) is 10.5 Å². The first-order valence-electron chi connectivity index (χ1n) is 9.25. The van der Waals surface area contributed by atoms with Crippen molar-refractivity contribution in [1.29, 1.82) is 0 Å². The Balaban J connectivity index is 1.63. The fourth-order valence-corrected chi connectivity index (χ4v) is 3.59. The SMILES string of the molecule is Cc1nc(-c2cccc(NC(=O)NC(CCO)C3CCCCC3)c2)no1. The number of hydrogen-bond donors (Lipinski definition) is 3. The van der Waals surface area contributed by atoms with Gasteiger partial charge in [0.15, 0.2) is 0 Å². The molecule has 1 aliphatic carbocycles. The van der Waals surface area contributed by atoms with E-state index in [1.54, 1.807) is 6.92 Å². The number of carbonyl (C=O) groups is 1. The van der Waals surface area contributed by atoms with Crippen molar-refractivity contribution in [3.05, 3.63) is 30.2 Å². The second kappa shape index (κ2) is 8.80. The molecule has 1 unspecified atom stereocenters. The molecule has 7 nitrogen and oxygen atoms in total. The molecule has 1 aromatic carbocycles. The van der Waals surface area contributed by atoms with Gasteiger partial charge in [-0.15, -0.1) is 0 Å². The molecule has 1 fully saturated rings. The third-order valence-electron chi connectivity index (χ3n) is 4.88. The Labute approximate surface area is 153 Å². The van der Waals surface area contributed by atoms with Crippen LogP contribution in [0.25, 0.3) is 11.4 Å². The summed E-state index contributed by atoms with van der Waals surface area (Å²) in [7, 11) is 0. The fourth-order valence-electron chi connectivity index (χ4n) is 3.59. The minimum atomic E-state index is -0.254. The first-order valence-corrected chi connectivity index (χ1v) is 9.25. The Bertz CT molecular complexity index is 725. The molecule has 3 N–H and O–H groups in total. The van der Waals surface area contributed by atoms with E-state index in [0.717, 1.165) is 18.4 Å². The van der Waals surface area contributed by atoms with Gasteiger partial charge in [0.25, 0.3) is 0 Å². The number of aromatic nitrogens is 2. The van der Waals surface area contributed by atoms with Gasteiger partial charge in [-0.2, -0.15) is 4.98 Å². The number of aliphatic hydroxyl groups excluding tert-OH is 1. The van der Waals surface area contributed by atoms with Crippen molar-refractivity contribution in [2.75, 3.05) is 11.9 Å². The van der Waals surface area contributed by atoms with Crippen LogP contribution in [0.3, 0.4) is 0 Å². The van der Waals surface area contributed by atoms with Gasteiger partial charge in [-0.25, -0.2) is 4.79 Å². The van der Waals surface area contributed by atoms with Gasteiger partial charge in [0, 0.05) is 30.8 Å². The standard InChI is InChI=1S/C19H26N4O3/c1-13-20-18(23-26-13)15-8-5-9-16(12-15)21-19(25)22-17(10-11-24)14-6-3-2-4-7-14/h5,8-9,12,14,17,24H,2-4,6-7,10-11H2,1H3,(H2,21,22,25). The summed E-state index contributed by atoms with van der Waals surface area (Å²) < 4.78 is 5.00. The minimum Gasteiger partial charge on any atom is -0.396 e. The number of aliphatic hydroxyl groups is 1. The average molecular weight is 358 g/mol. The van der Waals surface area contributed by atoms with Crippen LogP contribution in [0.15, 0.2) is 28.8 Å². The van der Waals surface area contributed by atoms with Gasteiger partial charge < -0.3 is 20.3 Å². The molecule has 0 bridgehead atoms. The molecule has 1 aliphatic rings. The molecule has 1 heterocycles. The summed E-state index contributed by atoms with van der Waals surface area (Å²) in [4.78, 5) is 16.6. The van der Waals surface area contributed by atoms with Gasteiger partial charge in [-0.3, -0.25) is 0 Å². The van der Waals surface area contributed by atoms with E-state index in [-0.39, 0.29) is 18.7 Å². The number of carbonyl (C=O) groups excluding carboxylic acids is 1. The topological polar surface area (TPSA) is 100 Å². The summed E-state index contributed by atoms with van der Waals surface area (Å²) >= 11 is 0. The largest absolute Gasteiger partial charge is 0.396 e. The third-order valence-corrected chi connectivity index (χ3v) is 4.88. The number of aryl methyl sites for hydroxylation is 1. The Morgan fingerprint density at radius 1 is 1.35 bits per heavy atom. The maximum Gasteiger partial charge on any atom is 0.319 e. The third kappa shape index (κ3) is 4.82. The van der Waals surface area contributed by atoms with Gasteiger partial charge in [-0.1, -0.05) is 36.6 Å². The lowest BCUT2D eigenvalue weighted by Crippen LogP contribution is -2.43. The molecule has 1 aromatic heterocycles. The van der Waals surface area contributed by atoms with E-state index in [4.69, 9.17) is 4.52 Å². The first kappa shape index (κ1) is 18.4. The van der Waals surface area contributed by atoms with Gasteiger partial charge in [0.1, 0.15) is 0 Å². The minimum absolute atomic E-state index is 0.00309. The van der Waals surface area contributed by atoms with Crippen molar-refractivity contribution >= 4 is 11.7 Å². The number of urea groups is 1. The highest BCUT2D eigenvalue weighted by Crippen LogP contribution is 2.28. The molecule has 0 spiro atoms. The van der Waals surface area contributed by atoms with Gasteiger partial charge in [0.2, 0.25) is 11.7 Å². The molecule has 140 valence electrons. The zero-order valence-electron chi connectivity index (χ0n) is 15.1. The van der Waals surface area contributed by atoms with E-state index in [1.165, 1.54) is 19.3 Å². The van der Waals surface area contributed by atoms with Crippen LogP contribution >= 0.6 is 0 Å². The van der Waals surface area contributed by atoms with Crippen LogP contribution in [0, 0.1) is 12.8 Å². The van der Waals surface area contributed by atoms with Gasteiger partial charge >= 0.3 is 6.03 Å². The Morgan fingerprint density at radius 2 is 2.15 bits per heavy atom. The Kier molecular flexibility index (Phi) is 6.22. The summed E-state index contributed by atoms with van der Waals surface area (Å²) in [6.45, 7) is 1.81. The molecule has 1 saturated carbocycles. The second-order valence-corrected chi connectivity index (χ2v) is 6.83. The number of benzene rings is 1. The molecular weight excluding hydrogens is 332 g/mol. The zero-order chi connectivity index (χ0) is 18.4. The second-order valence-electron chi connectivity index (χ2n) is 6.83. The lowest BCUT2D eigenvalue weighted by molar-refractivity contribution is 0.202. The molecule has 3 rings (SSSR count). The van der Waals surface area contributed by atoms with Crippen molar-refractivity contribution in [1.82, 2.24) is 15.5 Å². The van der Waals surface area contributed by atoms with Crippen LogP contribution in [0.5, 0.6) is 0 Å². The Hall–Kier alpha value is -2.41. The number of amides is 2. The number of nitrogens with zero attached hydrogens (tertiary/aromatic N) is 2. The van der Waals surface area contributed by atoms with Crippen molar-refractivity contribution in [3.8, 4) is 11.4 Å². The summed E-state index contributed by atoms with van der Waals surface area (Å²) in [6, 6.07) is 7.08. The molecular formula is C19H26N4O3. The molecule has 1 atom stereocenters. The highest BCUT2D eigenvalue weighted by molar-refractivity contribution is 5.90. The van der Waals surface area contributed by atoms with E-state index in [1.807, 2.05) is 24.3 Å². The van der Waals surface area contributed by atoms with Crippen LogP contribution in [-0.2, 0) is 0 Å². The van der Waals surface area contributed by atoms with Crippen LogP contribution in [0.1, 0.15) is 44.4 Å². The van der Waals surface area contributed by atoms with Crippen molar-refractivity contribution in [3.63, 3.8) is 0 Å². The highest BCUT2D eigenvalue weighted by atomic mass is 16.5. The number of rotatable bonds is 6. The van der Waals surface area contributed by atoms with Gasteiger partial charge in [0.05, 0.1) is 0 Å². The molecule has 0 radical (unpaired) electrons. The van der Waals surface area contributed by atoms with E-state index in [0.29, 0.717) is 29.7 Å². The molecule has 2 aromatic rings. The van der Waals surface area contributed by atoms with Gasteiger partial charge in [-0.05, 0) is 37.3 Å². The summed E-state index contributed by atoms with van der Waals surface area (Å²) in [5, 5.41) is 19.1. The molecule has 0 aliphatic heterocycles. The quantitative estimate of drug-likeness (QED) is 0.734. The van der Waals surface area contributed by atoms with E-state index in [9.17, 15) is 9.90 Å². The number of nitrogens with one attached hydrogen (secondary N) is 2. The lowest BCUT2D eigenvalue weighted by Gasteiger charge is -2.30. The first-order chi connectivity index (χ1) is 12.7. The highest BCUT2D eigenvalue weighted by Gasteiger charge is 2.24. The van der Waals surface area contributed by atoms with Crippen molar-refractivity contribution in [2.45, 2.75) is 51.5 Å². The van der Waals surface area contributed by atoms with E-state index < -0.39 is 0 Å². The van der Waals surface area contributed by atoms with E-state index in [2.05, 4.69) is 20.8 Å². The van der Waals surface area contributed by atoms with Crippen molar-refractivity contribution in [2.24, 2.45) is 5.92 Å². The number of hydrogen-bond acceptors (Lipinski definition) is 5. The summed E-state index contributed by atoms with van der Waals surface area (Å²) in [5.41, 5.74) is 1.44. The normalized spacial score (nSPS) is 16.2. The molecule has 2 amide bonds. The predicted octanol–water partition coefficient (Wildman–Crippen LogP) is 3.50. The number of anilines is 1. The van der Waals surface area contributed by atoms with Crippen LogP contribution < -0.4 is 10.6 Å². The summed E-state index contributed by atoms with van der Waals surface area (Å²) in [5.74, 6) is 1.43. The van der Waals surface area contributed by atoms with Crippen LogP contribution in [-0.4, -0.2) is 33.9 Å². The summed E-state index contributed by atoms with van der Waals surface area (Å²) in [6.07, 6.45) is 6.45. The fraction of sp³-hybridized carbons (Fsp3) is 0.526. The zero-order valence-corrected chi connectivity index (χ0v) is 15.1. The maximum atomic E-state index is 12.4. The van der Waals surface area contributed by atoms with Crippen LogP contribution in [0.2, 0.25) is 0 Å². The average Bonchev–Trinajstić information content (AvgIpc) is 3.09. The predicted molar refractivity (Wildman–Crippen MR) is 98.7 cm³/mol. The monoisotopic (exact) mass is 358 g/mol. The smallest absolute Gasteiger partial charge is 0.319 e.